The van der Waals surface area contributed by atoms with Crippen LogP contribution in [0, 0.1) is 0 Å². The summed E-state index contributed by atoms with van der Waals surface area (Å²) in [6.45, 7) is 0.312. The van der Waals surface area contributed by atoms with Crippen molar-refractivity contribution in [1.82, 2.24) is 14.5 Å². The fourth-order valence-corrected chi connectivity index (χ4v) is 4.55. The molecule has 0 saturated carbocycles. The van der Waals surface area contributed by atoms with E-state index in [2.05, 4.69) is 15.5 Å². The van der Waals surface area contributed by atoms with Gasteiger partial charge in [-0.3, -0.25) is 10.1 Å². The van der Waals surface area contributed by atoms with Gasteiger partial charge < -0.3 is 13.6 Å². The van der Waals surface area contributed by atoms with Gasteiger partial charge in [-0.1, -0.05) is 23.7 Å². The Hall–Kier alpha value is -2.92. The molecule has 10 nitrogen and oxygen atoms in total. The van der Waals surface area contributed by atoms with Crippen molar-refractivity contribution in [3.63, 3.8) is 0 Å². The Balaban J connectivity index is 1.54. The summed E-state index contributed by atoms with van der Waals surface area (Å²) in [5.41, 5.74) is 0.541. The number of benzene rings is 1. The number of para-hydroxylation sites is 1. The molecule has 1 aromatic carbocycles. The van der Waals surface area contributed by atoms with Gasteiger partial charge >= 0.3 is 6.01 Å². The molecular weight excluding hydrogens is 400 g/mol. The van der Waals surface area contributed by atoms with E-state index < -0.39 is 22.0 Å². The largest absolute Gasteiger partial charge is 0.493 e. The van der Waals surface area contributed by atoms with Crippen LogP contribution in [-0.4, -0.2) is 54.8 Å². The van der Waals surface area contributed by atoms with Crippen LogP contribution in [0.4, 0.5) is 6.01 Å². The summed E-state index contributed by atoms with van der Waals surface area (Å²) in [6.07, 6.45) is 3.01. The Bertz CT molecular complexity index is 1150. The van der Waals surface area contributed by atoms with Crippen molar-refractivity contribution in [3.05, 3.63) is 24.3 Å². The SMILES string of the molecule is COc1cccc2cc(-c3nnc(NC(=O)[C@@H]4CCCCN4S(C)(=O)=O)o3)oc12. The fourth-order valence-electron chi connectivity index (χ4n) is 3.43. The molecular formula is C18H20N4O6S. The maximum absolute atomic E-state index is 12.6. The number of piperidine rings is 1. The van der Waals surface area contributed by atoms with Crippen molar-refractivity contribution >= 4 is 32.9 Å². The number of aromatic nitrogens is 2. The number of carbonyl (C=O) groups excluding carboxylic acids is 1. The summed E-state index contributed by atoms with van der Waals surface area (Å²) in [7, 11) is -1.95. The average Bonchev–Trinajstić information content (AvgIpc) is 3.33. The first-order valence-corrected chi connectivity index (χ1v) is 10.9. The Morgan fingerprint density at radius 2 is 2.10 bits per heavy atom. The lowest BCUT2D eigenvalue weighted by atomic mass is 10.0. The Labute approximate surface area is 166 Å². The quantitative estimate of drug-likeness (QED) is 0.666. The second kappa shape index (κ2) is 7.48. The highest BCUT2D eigenvalue weighted by atomic mass is 32.2. The number of rotatable bonds is 5. The van der Waals surface area contributed by atoms with Gasteiger partial charge in [0.05, 0.1) is 13.4 Å². The van der Waals surface area contributed by atoms with Crippen LogP contribution in [0.1, 0.15) is 19.3 Å². The molecule has 3 aromatic rings. The number of fused-ring (bicyclic) bond motifs is 1. The standard InChI is InChI=1S/C18H20N4O6S/c1-26-13-8-5-6-11-10-14(27-15(11)13)17-20-21-18(28-17)19-16(23)12-7-3-4-9-22(12)29(2,24)25/h5-6,8,10,12H,3-4,7,9H2,1-2H3,(H,19,21,23)/t12-/m0/s1. The van der Waals surface area contributed by atoms with Gasteiger partial charge in [-0.2, -0.15) is 4.31 Å². The number of sulfonamides is 1. The van der Waals surface area contributed by atoms with Crippen LogP contribution < -0.4 is 10.1 Å². The van der Waals surface area contributed by atoms with Gasteiger partial charge in [0.15, 0.2) is 17.1 Å². The van der Waals surface area contributed by atoms with Crippen LogP contribution in [0.5, 0.6) is 5.75 Å². The van der Waals surface area contributed by atoms with Crippen molar-refractivity contribution in [2.24, 2.45) is 0 Å². The molecule has 0 aliphatic carbocycles. The monoisotopic (exact) mass is 420 g/mol. The first-order valence-electron chi connectivity index (χ1n) is 9.05. The van der Waals surface area contributed by atoms with Crippen molar-refractivity contribution in [1.29, 1.82) is 0 Å². The lowest BCUT2D eigenvalue weighted by molar-refractivity contribution is -0.120. The number of furan rings is 1. The number of ether oxygens (including phenoxy) is 1. The number of nitrogens with one attached hydrogen (secondary N) is 1. The summed E-state index contributed by atoms with van der Waals surface area (Å²) >= 11 is 0. The van der Waals surface area contributed by atoms with E-state index in [1.165, 1.54) is 4.31 Å². The molecule has 29 heavy (non-hydrogen) atoms. The van der Waals surface area contributed by atoms with E-state index in [-0.39, 0.29) is 11.9 Å². The van der Waals surface area contributed by atoms with Gasteiger partial charge in [-0.05, 0) is 25.0 Å². The van der Waals surface area contributed by atoms with Crippen LogP contribution in [-0.2, 0) is 14.8 Å². The molecule has 4 rings (SSSR count). The number of anilines is 1. The van der Waals surface area contributed by atoms with E-state index in [0.29, 0.717) is 30.1 Å². The van der Waals surface area contributed by atoms with Crippen LogP contribution in [0.2, 0.25) is 0 Å². The molecule has 1 saturated heterocycles. The summed E-state index contributed by atoms with van der Waals surface area (Å²) in [5, 5.41) is 11.0. The van der Waals surface area contributed by atoms with E-state index in [1.807, 2.05) is 12.1 Å². The predicted molar refractivity (Wildman–Crippen MR) is 104 cm³/mol. The Morgan fingerprint density at radius 1 is 1.28 bits per heavy atom. The van der Waals surface area contributed by atoms with Gasteiger partial charge in [0.2, 0.25) is 15.9 Å². The molecule has 1 N–H and O–H groups in total. The third kappa shape index (κ3) is 3.83. The zero-order chi connectivity index (χ0) is 20.6. The zero-order valence-corrected chi connectivity index (χ0v) is 16.7. The number of methoxy groups -OCH3 is 1. The number of hydrogen-bond acceptors (Lipinski definition) is 8. The van der Waals surface area contributed by atoms with Crippen molar-refractivity contribution in [3.8, 4) is 17.4 Å². The average molecular weight is 420 g/mol. The molecule has 1 fully saturated rings. The molecule has 1 atom stereocenters. The van der Waals surface area contributed by atoms with Gasteiger partial charge in [0, 0.05) is 11.9 Å². The number of nitrogens with zero attached hydrogens (tertiary/aromatic N) is 3. The van der Waals surface area contributed by atoms with Gasteiger partial charge in [0.25, 0.3) is 5.89 Å². The second-order valence-electron chi connectivity index (χ2n) is 6.78. The second-order valence-corrected chi connectivity index (χ2v) is 8.71. The molecule has 2 aromatic heterocycles. The summed E-state index contributed by atoms with van der Waals surface area (Å²) in [4.78, 5) is 12.6. The van der Waals surface area contributed by atoms with Crippen molar-refractivity contribution in [2.45, 2.75) is 25.3 Å². The molecule has 0 unspecified atom stereocenters. The number of amides is 1. The molecule has 0 radical (unpaired) electrons. The summed E-state index contributed by atoms with van der Waals surface area (Å²) < 4.78 is 41.6. The highest BCUT2D eigenvalue weighted by molar-refractivity contribution is 7.88. The van der Waals surface area contributed by atoms with Crippen LogP contribution in [0.25, 0.3) is 22.6 Å². The zero-order valence-electron chi connectivity index (χ0n) is 15.9. The normalized spacial score (nSPS) is 18.1. The summed E-state index contributed by atoms with van der Waals surface area (Å²) in [6, 6.07) is 6.25. The van der Waals surface area contributed by atoms with E-state index in [4.69, 9.17) is 13.6 Å². The Morgan fingerprint density at radius 3 is 2.86 bits per heavy atom. The first-order chi connectivity index (χ1) is 13.9. The maximum Gasteiger partial charge on any atom is 0.322 e. The van der Waals surface area contributed by atoms with Gasteiger partial charge in [-0.15, -0.1) is 5.10 Å². The molecule has 1 amide bonds. The first kappa shape index (κ1) is 19.4. The van der Waals surface area contributed by atoms with Crippen LogP contribution in [0.3, 0.4) is 0 Å². The highest BCUT2D eigenvalue weighted by Gasteiger charge is 2.35. The molecule has 0 spiro atoms. The number of carbonyl (C=O) groups is 1. The minimum absolute atomic E-state index is 0.0853. The van der Waals surface area contributed by atoms with Crippen LogP contribution in [0.15, 0.2) is 33.1 Å². The highest BCUT2D eigenvalue weighted by Crippen LogP contribution is 2.33. The van der Waals surface area contributed by atoms with E-state index in [9.17, 15) is 13.2 Å². The molecule has 3 heterocycles. The van der Waals surface area contributed by atoms with Crippen LogP contribution >= 0.6 is 0 Å². The molecule has 0 bridgehead atoms. The minimum Gasteiger partial charge on any atom is -0.493 e. The lowest BCUT2D eigenvalue weighted by Crippen LogP contribution is -2.49. The molecule has 11 heteroatoms. The Kier molecular flexibility index (Phi) is 5.01. The van der Waals surface area contributed by atoms with E-state index >= 15 is 0 Å². The smallest absolute Gasteiger partial charge is 0.322 e. The molecule has 154 valence electrons. The number of hydrogen-bond donors (Lipinski definition) is 1. The topological polar surface area (TPSA) is 128 Å². The molecule has 1 aliphatic heterocycles. The third-order valence-electron chi connectivity index (χ3n) is 4.78. The van der Waals surface area contributed by atoms with Crippen molar-refractivity contribution < 1.29 is 26.8 Å². The van der Waals surface area contributed by atoms with Crippen molar-refractivity contribution in [2.75, 3.05) is 25.2 Å². The third-order valence-corrected chi connectivity index (χ3v) is 6.07. The van der Waals surface area contributed by atoms with E-state index in [1.54, 1.807) is 19.2 Å². The minimum atomic E-state index is -3.49. The molecule has 1 aliphatic rings. The predicted octanol–water partition coefficient (Wildman–Crippen LogP) is 2.24. The van der Waals surface area contributed by atoms with Gasteiger partial charge in [0.1, 0.15) is 6.04 Å². The fraction of sp³-hybridized carbons (Fsp3) is 0.389. The van der Waals surface area contributed by atoms with E-state index in [0.717, 1.165) is 24.5 Å². The summed E-state index contributed by atoms with van der Waals surface area (Å²) in [5.74, 6) is 0.478. The lowest BCUT2D eigenvalue weighted by Gasteiger charge is -2.32. The maximum atomic E-state index is 12.6. The van der Waals surface area contributed by atoms with Gasteiger partial charge in [-0.25, -0.2) is 8.42 Å².